The lowest BCUT2D eigenvalue weighted by molar-refractivity contribution is -0.145. The Labute approximate surface area is 175 Å². The molecule has 1 N–H and O–H groups in total. The highest BCUT2D eigenvalue weighted by molar-refractivity contribution is 7.09. The van der Waals surface area contributed by atoms with E-state index in [9.17, 15) is 9.59 Å². The standard InChI is InChI=1S/C21H27N3O4S/c1-3-27-20(25)13-28-19-6-4-5-17(11-19)23-21(26)16-7-9-24(10-8-16)12-18-14-29-15(2)22-18/h4-6,11,14,16H,3,7-10,12-13H2,1-2H3,(H,23,26). The number of nitrogens with one attached hydrogen (secondary N) is 1. The van der Waals surface area contributed by atoms with Crippen molar-refractivity contribution >= 4 is 28.9 Å². The molecule has 3 rings (SSSR count). The van der Waals surface area contributed by atoms with Gasteiger partial charge in [0.2, 0.25) is 5.91 Å². The summed E-state index contributed by atoms with van der Waals surface area (Å²) in [5, 5.41) is 6.16. The molecule has 0 unspecified atom stereocenters. The number of piperidine rings is 1. The topological polar surface area (TPSA) is 80.8 Å². The normalized spacial score (nSPS) is 15.1. The molecule has 1 aromatic carbocycles. The van der Waals surface area contributed by atoms with E-state index in [0.717, 1.165) is 43.2 Å². The summed E-state index contributed by atoms with van der Waals surface area (Å²) in [4.78, 5) is 30.9. The van der Waals surface area contributed by atoms with Gasteiger partial charge in [-0.2, -0.15) is 0 Å². The molecule has 156 valence electrons. The Morgan fingerprint density at radius 3 is 2.79 bits per heavy atom. The molecule has 1 aliphatic heterocycles. The van der Waals surface area contributed by atoms with Crippen LogP contribution in [0.3, 0.4) is 0 Å². The molecule has 0 saturated carbocycles. The summed E-state index contributed by atoms with van der Waals surface area (Å²) in [7, 11) is 0. The number of amides is 1. The molecule has 0 spiro atoms. The number of hydrogen-bond donors (Lipinski definition) is 1. The van der Waals surface area contributed by atoms with E-state index in [-0.39, 0.29) is 18.4 Å². The second-order valence-corrected chi connectivity index (χ2v) is 8.08. The summed E-state index contributed by atoms with van der Waals surface area (Å²) in [5.41, 5.74) is 1.77. The number of aryl methyl sites for hydroxylation is 1. The first-order valence-corrected chi connectivity index (χ1v) is 10.7. The minimum Gasteiger partial charge on any atom is -0.482 e. The van der Waals surface area contributed by atoms with Crippen molar-refractivity contribution in [3.05, 3.63) is 40.3 Å². The van der Waals surface area contributed by atoms with Crippen molar-refractivity contribution in [3.8, 4) is 5.75 Å². The van der Waals surface area contributed by atoms with Crippen LogP contribution in [-0.4, -0.2) is 48.1 Å². The summed E-state index contributed by atoms with van der Waals surface area (Å²) in [6.07, 6.45) is 1.65. The van der Waals surface area contributed by atoms with Crippen molar-refractivity contribution in [1.29, 1.82) is 0 Å². The van der Waals surface area contributed by atoms with E-state index >= 15 is 0 Å². The van der Waals surface area contributed by atoms with Crippen LogP contribution in [0, 0.1) is 12.8 Å². The van der Waals surface area contributed by atoms with Gasteiger partial charge in [0.15, 0.2) is 6.61 Å². The van der Waals surface area contributed by atoms with Crippen molar-refractivity contribution in [3.63, 3.8) is 0 Å². The van der Waals surface area contributed by atoms with E-state index in [1.54, 1.807) is 36.5 Å². The van der Waals surface area contributed by atoms with E-state index in [1.165, 1.54) is 0 Å². The lowest BCUT2D eigenvalue weighted by atomic mass is 9.95. The Bertz CT molecular complexity index is 831. The van der Waals surface area contributed by atoms with E-state index in [4.69, 9.17) is 9.47 Å². The number of esters is 1. The first-order chi connectivity index (χ1) is 14.0. The maximum atomic E-state index is 12.6. The summed E-state index contributed by atoms with van der Waals surface area (Å²) < 4.78 is 10.3. The number of nitrogens with zero attached hydrogens (tertiary/aromatic N) is 2. The highest BCUT2D eigenvalue weighted by atomic mass is 32.1. The van der Waals surface area contributed by atoms with Crippen molar-refractivity contribution in [2.24, 2.45) is 5.92 Å². The first-order valence-electron chi connectivity index (χ1n) is 9.86. The second kappa shape index (κ2) is 10.4. The molecular formula is C21H27N3O4S. The molecule has 0 radical (unpaired) electrons. The highest BCUT2D eigenvalue weighted by Crippen LogP contribution is 2.23. The SMILES string of the molecule is CCOC(=O)COc1cccc(NC(=O)C2CCN(Cc3csc(C)n3)CC2)c1. The van der Waals surface area contributed by atoms with Gasteiger partial charge in [-0.1, -0.05) is 6.07 Å². The third-order valence-corrected chi connectivity index (χ3v) is 5.60. The van der Waals surface area contributed by atoms with E-state index in [1.807, 2.05) is 13.0 Å². The summed E-state index contributed by atoms with van der Waals surface area (Å²) in [6.45, 7) is 6.55. The quantitative estimate of drug-likeness (QED) is 0.664. The fourth-order valence-electron chi connectivity index (χ4n) is 3.32. The third kappa shape index (κ3) is 6.54. The fourth-order valence-corrected chi connectivity index (χ4v) is 3.92. The summed E-state index contributed by atoms with van der Waals surface area (Å²) >= 11 is 1.67. The third-order valence-electron chi connectivity index (χ3n) is 4.77. The minimum absolute atomic E-state index is 0.00692. The van der Waals surface area contributed by atoms with Crippen LogP contribution < -0.4 is 10.1 Å². The van der Waals surface area contributed by atoms with Gasteiger partial charge in [-0.3, -0.25) is 9.69 Å². The van der Waals surface area contributed by atoms with Gasteiger partial charge in [0.05, 0.1) is 17.3 Å². The van der Waals surface area contributed by atoms with Crippen molar-refractivity contribution in [2.45, 2.75) is 33.2 Å². The number of carbonyl (C=O) groups excluding carboxylic acids is 2. The predicted molar refractivity (Wildman–Crippen MR) is 112 cm³/mol. The Balaban J connectivity index is 1.45. The van der Waals surface area contributed by atoms with Crippen LogP contribution in [0.2, 0.25) is 0 Å². The Hall–Kier alpha value is -2.45. The number of aromatic nitrogens is 1. The van der Waals surface area contributed by atoms with Gasteiger partial charge in [-0.15, -0.1) is 11.3 Å². The lowest BCUT2D eigenvalue weighted by Crippen LogP contribution is -2.37. The summed E-state index contributed by atoms with van der Waals surface area (Å²) in [6, 6.07) is 7.06. The van der Waals surface area contributed by atoms with Gasteiger partial charge in [-0.25, -0.2) is 9.78 Å². The molecule has 0 aliphatic carbocycles. The number of benzene rings is 1. The molecule has 7 nitrogen and oxygen atoms in total. The molecule has 1 fully saturated rings. The number of rotatable bonds is 8. The smallest absolute Gasteiger partial charge is 0.344 e. The zero-order chi connectivity index (χ0) is 20.6. The van der Waals surface area contributed by atoms with Gasteiger partial charge in [0, 0.05) is 29.6 Å². The zero-order valence-electron chi connectivity index (χ0n) is 16.8. The highest BCUT2D eigenvalue weighted by Gasteiger charge is 2.25. The molecule has 0 bridgehead atoms. The van der Waals surface area contributed by atoms with Gasteiger partial charge in [0.1, 0.15) is 5.75 Å². The van der Waals surface area contributed by atoms with Gasteiger partial charge < -0.3 is 14.8 Å². The monoisotopic (exact) mass is 417 g/mol. The summed E-state index contributed by atoms with van der Waals surface area (Å²) in [5.74, 6) is 0.120. The molecular weight excluding hydrogens is 390 g/mol. The van der Waals surface area contributed by atoms with Crippen molar-refractivity contribution in [2.75, 3.05) is 31.6 Å². The molecule has 2 aromatic rings. The Morgan fingerprint density at radius 1 is 1.31 bits per heavy atom. The average Bonchev–Trinajstić information content (AvgIpc) is 3.12. The molecule has 0 atom stereocenters. The zero-order valence-corrected chi connectivity index (χ0v) is 17.7. The van der Waals surface area contributed by atoms with Gasteiger partial charge in [0.25, 0.3) is 0 Å². The van der Waals surface area contributed by atoms with Gasteiger partial charge >= 0.3 is 5.97 Å². The van der Waals surface area contributed by atoms with Crippen LogP contribution in [0.1, 0.15) is 30.5 Å². The molecule has 29 heavy (non-hydrogen) atoms. The number of anilines is 1. The molecule has 1 aromatic heterocycles. The molecule has 2 heterocycles. The molecule has 1 aliphatic rings. The largest absolute Gasteiger partial charge is 0.482 e. The van der Waals surface area contributed by atoms with Crippen molar-refractivity contribution in [1.82, 2.24) is 9.88 Å². The van der Waals surface area contributed by atoms with Crippen molar-refractivity contribution < 1.29 is 19.1 Å². The molecule has 8 heteroatoms. The van der Waals surface area contributed by atoms with Crippen LogP contribution >= 0.6 is 11.3 Å². The number of thiazole rings is 1. The average molecular weight is 418 g/mol. The van der Waals surface area contributed by atoms with Crippen LogP contribution in [0.25, 0.3) is 0 Å². The fraction of sp³-hybridized carbons (Fsp3) is 0.476. The van der Waals surface area contributed by atoms with Crippen LogP contribution in [-0.2, 0) is 20.9 Å². The number of hydrogen-bond acceptors (Lipinski definition) is 7. The number of likely N-dealkylation sites (tertiary alicyclic amines) is 1. The van der Waals surface area contributed by atoms with E-state index in [2.05, 4.69) is 20.6 Å². The van der Waals surface area contributed by atoms with Crippen LogP contribution in [0.5, 0.6) is 5.75 Å². The maximum Gasteiger partial charge on any atom is 0.344 e. The van der Waals surface area contributed by atoms with E-state index < -0.39 is 5.97 Å². The lowest BCUT2D eigenvalue weighted by Gasteiger charge is -2.30. The Kier molecular flexibility index (Phi) is 7.60. The van der Waals surface area contributed by atoms with E-state index in [0.29, 0.717) is 18.0 Å². The Morgan fingerprint density at radius 2 is 2.10 bits per heavy atom. The second-order valence-electron chi connectivity index (χ2n) is 7.02. The van der Waals surface area contributed by atoms with Crippen LogP contribution in [0.4, 0.5) is 5.69 Å². The number of ether oxygens (including phenoxy) is 2. The maximum absolute atomic E-state index is 12.6. The number of carbonyl (C=O) groups is 2. The van der Waals surface area contributed by atoms with Crippen LogP contribution in [0.15, 0.2) is 29.6 Å². The minimum atomic E-state index is -0.415. The predicted octanol–water partition coefficient (Wildman–Crippen LogP) is 3.24. The molecule has 1 saturated heterocycles. The first kappa shape index (κ1) is 21.3. The molecule has 1 amide bonds. The van der Waals surface area contributed by atoms with Gasteiger partial charge in [-0.05, 0) is 51.9 Å².